The van der Waals surface area contributed by atoms with Crippen LogP contribution in [0.15, 0.2) is 48.5 Å². The molecule has 1 aliphatic rings. The van der Waals surface area contributed by atoms with Gasteiger partial charge in [0.2, 0.25) is 5.91 Å². The van der Waals surface area contributed by atoms with Gasteiger partial charge in [-0.25, -0.2) is 4.39 Å². The number of aryl methyl sites for hydroxylation is 1. The molecule has 0 radical (unpaired) electrons. The van der Waals surface area contributed by atoms with Crippen molar-refractivity contribution < 1.29 is 9.18 Å². The minimum atomic E-state index is -0.250. The minimum Gasteiger partial charge on any atom is -0.362 e. The molecule has 1 aliphatic heterocycles. The first-order chi connectivity index (χ1) is 11.2. The first-order valence-corrected chi connectivity index (χ1v) is 8.06. The van der Waals surface area contributed by atoms with E-state index in [1.165, 1.54) is 6.07 Å². The SMILES string of the molecule is O=C(CN1CCCCc2ccc(F)cc21)NCc1ccccc1. The molecule has 0 saturated carbocycles. The molecule has 1 N–H and O–H groups in total. The molecule has 0 spiro atoms. The molecule has 0 fully saturated rings. The standard InChI is InChI=1S/C19H21FN2O/c20-17-10-9-16-8-4-5-11-22(18(16)12-17)14-19(23)21-13-15-6-2-1-3-7-15/h1-3,6-7,9-10,12H,4-5,8,11,13-14H2,(H,21,23). The lowest BCUT2D eigenvalue weighted by atomic mass is 10.1. The number of nitrogens with zero attached hydrogens (tertiary/aromatic N) is 1. The Hall–Kier alpha value is -2.36. The number of carbonyl (C=O) groups excluding carboxylic acids is 1. The maximum atomic E-state index is 13.6. The molecule has 0 atom stereocenters. The van der Waals surface area contributed by atoms with E-state index in [9.17, 15) is 9.18 Å². The van der Waals surface area contributed by atoms with Gasteiger partial charge in [0.1, 0.15) is 5.82 Å². The van der Waals surface area contributed by atoms with Gasteiger partial charge in [0.25, 0.3) is 0 Å². The van der Waals surface area contributed by atoms with Crippen molar-refractivity contribution in [1.82, 2.24) is 5.32 Å². The Labute approximate surface area is 136 Å². The maximum Gasteiger partial charge on any atom is 0.239 e. The van der Waals surface area contributed by atoms with Crippen LogP contribution in [0.2, 0.25) is 0 Å². The Morgan fingerprint density at radius 3 is 2.78 bits per heavy atom. The van der Waals surface area contributed by atoms with Gasteiger partial charge in [0.15, 0.2) is 0 Å². The molecule has 0 unspecified atom stereocenters. The van der Waals surface area contributed by atoms with E-state index in [1.807, 2.05) is 41.3 Å². The fourth-order valence-electron chi connectivity index (χ4n) is 2.97. The molecule has 0 aromatic heterocycles. The van der Waals surface area contributed by atoms with E-state index < -0.39 is 0 Å². The monoisotopic (exact) mass is 312 g/mol. The number of carbonyl (C=O) groups is 1. The Kier molecular flexibility index (Phi) is 4.91. The number of amides is 1. The van der Waals surface area contributed by atoms with Gasteiger partial charge >= 0.3 is 0 Å². The van der Waals surface area contributed by atoms with Crippen LogP contribution in [0.1, 0.15) is 24.0 Å². The minimum absolute atomic E-state index is 0.0361. The molecular formula is C19H21FN2O. The summed E-state index contributed by atoms with van der Waals surface area (Å²) >= 11 is 0. The number of hydrogen-bond donors (Lipinski definition) is 1. The number of anilines is 1. The molecule has 4 heteroatoms. The number of benzene rings is 2. The lowest BCUT2D eigenvalue weighted by Crippen LogP contribution is -2.37. The zero-order valence-electron chi connectivity index (χ0n) is 13.1. The van der Waals surface area contributed by atoms with Crippen LogP contribution in [0.25, 0.3) is 0 Å². The first kappa shape index (κ1) is 15.5. The van der Waals surface area contributed by atoms with Crippen molar-refractivity contribution in [2.75, 3.05) is 18.0 Å². The fraction of sp³-hybridized carbons (Fsp3) is 0.316. The maximum absolute atomic E-state index is 13.6. The zero-order valence-corrected chi connectivity index (χ0v) is 13.1. The van der Waals surface area contributed by atoms with Crippen LogP contribution in [0.3, 0.4) is 0 Å². The van der Waals surface area contributed by atoms with Crippen LogP contribution in [0.5, 0.6) is 0 Å². The topological polar surface area (TPSA) is 32.3 Å². The summed E-state index contributed by atoms with van der Waals surface area (Å²) in [4.78, 5) is 14.2. The summed E-state index contributed by atoms with van der Waals surface area (Å²) in [6, 6.07) is 14.7. The predicted octanol–water partition coefficient (Wildman–Crippen LogP) is 3.28. The smallest absolute Gasteiger partial charge is 0.239 e. The molecule has 0 aliphatic carbocycles. The Balaban J connectivity index is 1.65. The van der Waals surface area contributed by atoms with Crippen molar-refractivity contribution in [2.24, 2.45) is 0 Å². The highest BCUT2D eigenvalue weighted by Gasteiger charge is 2.18. The molecule has 120 valence electrons. The van der Waals surface area contributed by atoms with Crippen molar-refractivity contribution in [3.8, 4) is 0 Å². The van der Waals surface area contributed by atoms with E-state index >= 15 is 0 Å². The van der Waals surface area contributed by atoms with Crippen LogP contribution >= 0.6 is 0 Å². The molecule has 0 bridgehead atoms. The summed E-state index contributed by atoms with van der Waals surface area (Å²) < 4.78 is 13.6. The van der Waals surface area contributed by atoms with Gasteiger partial charge < -0.3 is 10.2 Å². The number of hydrogen-bond acceptors (Lipinski definition) is 2. The van der Waals surface area contributed by atoms with Gasteiger partial charge in [-0.05, 0) is 42.5 Å². The Morgan fingerprint density at radius 1 is 1.13 bits per heavy atom. The van der Waals surface area contributed by atoms with Crippen LogP contribution in [-0.2, 0) is 17.8 Å². The number of nitrogens with one attached hydrogen (secondary N) is 1. The molecule has 0 saturated heterocycles. The van der Waals surface area contributed by atoms with Gasteiger partial charge in [0.05, 0.1) is 6.54 Å². The second-order valence-electron chi connectivity index (χ2n) is 5.91. The summed E-state index contributed by atoms with van der Waals surface area (Å²) in [6.45, 7) is 1.57. The van der Waals surface area contributed by atoms with Crippen LogP contribution in [-0.4, -0.2) is 19.0 Å². The number of rotatable bonds is 4. The normalized spacial score (nSPS) is 14.0. The van der Waals surface area contributed by atoms with Gasteiger partial charge in [-0.3, -0.25) is 4.79 Å². The molecule has 1 heterocycles. The highest BCUT2D eigenvalue weighted by Crippen LogP contribution is 2.27. The molecule has 2 aromatic carbocycles. The number of fused-ring (bicyclic) bond motifs is 1. The third kappa shape index (κ3) is 4.09. The fourth-order valence-corrected chi connectivity index (χ4v) is 2.97. The van der Waals surface area contributed by atoms with E-state index in [0.717, 1.165) is 42.6 Å². The first-order valence-electron chi connectivity index (χ1n) is 8.06. The summed E-state index contributed by atoms with van der Waals surface area (Å²) in [7, 11) is 0. The largest absolute Gasteiger partial charge is 0.362 e. The molecular weight excluding hydrogens is 291 g/mol. The van der Waals surface area contributed by atoms with Gasteiger partial charge in [-0.15, -0.1) is 0 Å². The summed E-state index contributed by atoms with van der Waals surface area (Å²) in [6.07, 6.45) is 3.03. The van der Waals surface area contributed by atoms with E-state index in [2.05, 4.69) is 5.32 Å². The van der Waals surface area contributed by atoms with E-state index in [1.54, 1.807) is 6.07 Å². The quantitative estimate of drug-likeness (QED) is 0.939. The third-order valence-electron chi connectivity index (χ3n) is 4.18. The molecule has 2 aromatic rings. The third-order valence-corrected chi connectivity index (χ3v) is 4.18. The lowest BCUT2D eigenvalue weighted by molar-refractivity contribution is -0.119. The van der Waals surface area contributed by atoms with Gasteiger partial charge in [-0.2, -0.15) is 0 Å². The highest BCUT2D eigenvalue weighted by molar-refractivity contribution is 5.81. The van der Waals surface area contributed by atoms with Crippen molar-refractivity contribution in [1.29, 1.82) is 0 Å². The second kappa shape index (κ2) is 7.27. The summed E-state index contributed by atoms with van der Waals surface area (Å²) in [5.41, 5.74) is 3.06. The average molecular weight is 312 g/mol. The molecule has 23 heavy (non-hydrogen) atoms. The van der Waals surface area contributed by atoms with Crippen molar-refractivity contribution >= 4 is 11.6 Å². The van der Waals surface area contributed by atoms with Crippen LogP contribution < -0.4 is 10.2 Å². The Morgan fingerprint density at radius 2 is 1.96 bits per heavy atom. The Bertz CT molecular complexity index is 672. The molecule has 3 rings (SSSR count). The van der Waals surface area contributed by atoms with E-state index in [4.69, 9.17) is 0 Å². The predicted molar refractivity (Wildman–Crippen MR) is 89.8 cm³/mol. The number of halogens is 1. The zero-order chi connectivity index (χ0) is 16.1. The highest BCUT2D eigenvalue weighted by atomic mass is 19.1. The van der Waals surface area contributed by atoms with Crippen LogP contribution in [0.4, 0.5) is 10.1 Å². The average Bonchev–Trinajstić information content (AvgIpc) is 2.76. The molecule has 1 amide bonds. The second-order valence-corrected chi connectivity index (χ2v) is 5.91. The van der Waals surface area contributed by atoms with Gasteiger partial charge in [0, 0.05) is 18.8 Å². The van der Waals surface area contributed by atoms with Crippen LogP contribution in [0, 0.1) is 5.82 Å². The summed E-state index contributed by atoms with van der Waals surface area (Å²) in [5, 5.41) is 2.94. The van der Waals surface area contributed by atoms with Crippen molar-refractivity contribution in [2.45, 2.75) is 25.8 Å². The lowest BCUT2D eigenvalue weighted by Gasteiger charge is -2.24. The van der Waals surface area contributed by atoms with Crippen molar-refractivity contribution in [3.63, 3.8) is 0 Å². The van der Waals surface area contributed by atoms with E-state index in [0.29, 0.717) is 6.54 Å². The summed E-state index contributed by atoms with van der Waals surface area (Å²) in [5.74, 6) is -0.286. The van der Waals surface area contributed by atoms with Crippen molar-refractivity contribution in [3.05, 3.63) is 65.5 Å². The van der Waals surface area contributed by atoms with Gasteiger partial charge in [-0.1, -0.05) is 36.4 Å². The van der Waals surface area contributed by atoms with E-state index in [-0.39, 0.29) is 18.3 Å². The molecule has 3 nitrogen and oxygen atoms in total.